The number of hydrogen-bond donors (Lipinski definition) is 0. The first-order valence-corrected chi connectivity index (χ1v) is 7.06. The smallest absolute Gasteiger partial charge is 0.155 e. The molecule has 1 heterocycles. The maximum absolute atomic E-state index is 11.3. The van der Waals surface area contributed by atoms with E-state index in [4.69, 9.17) is 11.6 Å². The largest absolute Gasteiger partial charge is 0.298 e. The summed E-state index contributed by atoms with van der Waals surface area (Å²) in [4.78, 5) is 11.3. The number of hydrogen-bond acceptors (Lipinski definition) is 2. The Hall–Kier alpha value is -0.830. The van der Waals surface area contributed by atoms with Crippen LogP contribution in [0.5, 0.6) is 0 Å². The number of carbonyl (C=O) groups excluding carboxylic acids is 1. The molecule has 0 atom stereocenters. The number of carbonyl (C=O) groups is 1. The van der Waals surface area contributed by atoms with Gasteiger partial charge in [0.25, 0.3) is 0 Å². The molecule has 100 valence electrons. The van der Waals surface area contributed by atoms with Gasteiger partial charge in [0.05, 0.1) is 17.3 Å². The van der Waals surface area contributed by atoms with E-state index in [0.717, 1.165) is 24.8 Å². The highest BCUT2D eigenvalue weighted by atomic mass is 35.5. The first kappa shape index (κ1) is 13.6. The fourth-order valence-corrected chi connectivity index (χ4v) is 2.96. The molecule has 1 fully saturated rings. The van der Waals surface area contributed by atoms with Gasteiger partial charge in [0.15, 0.2) is 6.29 Å². The molecular formula is C14H21ClN2O. The Balaban J connectivity index is 2.42. The van der Waals surface area contributed by atoms with Crippen molar-refractivity contribution in [1.29, 1.82) is 0 Å². The molecule has 1 saturated carbocycles. The molecule has 0 radical (unpaired) electrons. The Morgan fingerprint density at radius 2 is 1.89 bits per heavy atom. The number of rotatable bonds is 2. The van der Waals surface area contributed by atoms with Gasteiger partial charge in [-0.3, -0.25) is 4.79 Å². The van der Waals surface area contributed by atoms with E-state index < -0.39 is 0 Å². The summed E-state index contributed by atoms with van der Waals surface area (Å²) in [7, 11) is 0. The molecule has 2 rings (SSSR count). The molecule has 0 saturated heterocycles. The van der Waals surface area contributed by atoms with E-state index in [-0.39, 0.29) is 5.41 Å². The second kappa shape index (κ2) is 5.04. The maximum Gasteiger partial charge on any atom is 0.155 e. The number of aromatic nitrogens is 2. The minimum atomic E-state index is -0.153. The molecule has 0 bridgehead atoms. The van der Waals surface area contributed by atoms with Crippen molar-refractivity contribution in [1.82, 2.24) is 9.78 Å². The predicted molar refractivity (Wildman–Crippen MR) is 73.4 cm³/mol. The van der Waals surface area contributed by atoms with Crippen molar-refractivity contribution < 1.29 is 4.79 Å². The van der Waals surface area contributed by atoms with E-state index in [2.05, 4.69) is 25.9 Å². The van der Waals surface area contributed by atoms with Crippen LogP contribution in [-0.4, -0.2) is 16.1 Å². The van der Waals surface area contributed by atoms with E-state index in [1.807, 2.05) is 4.68 Å². The summed E-state index contributed by atoms with van der Waals surface area (Å²) < 4.78 is 1.88. The van der Waals surface area contributed by atoms with Gasteiger partial charge in [-0.05, 0) is 12.8 Å². The van der Waals surface area contributed by atoms with Crippen molar-refractivity contribution in [3.63, 3.8) is 0 Å². The van der Waals surface area contributed by atoms with E-state index in [0.29, 0.717) is 16.8 Å². The average molecular weight is 269 g/mol. The summed E-state index contributed by atoms with van der Waals surface area (Å²) in [6, 6.07) is 0.362. The summed E-state index contributed by atoms with van der Waals surface area (Å²) in [5.74, 6) is 0. The van der Waals surface area contributed by atoms with E-state index >= 15 is 0 Å². The van der Waals surface area contributed by atoms with Crippen molar-refractivity contribution in [3.05, 3.63) is 16.4 Å². The molecule has 0 spiro atoms. The van der Waals surface area contributed by atoms with Crippen LogP contribution in [-0.2, 0) is 5.41 Å². The summed E-state index contributed by atoms with van der Waals surface area (Å²) in [6.45, 7) is 6.18. The van der Waals surface area contributed by atoms with Crippen molar-refractivity contribution in [3.8, 4) is 0 Å². The van der Waals surface area contributed by atoms with Gasteiger partial charge in [0.2, 0.25) is 0 Å². The van der Waals surface area contributed by atoms with Crippen molar-refractivity contribution >= 4 is 17.9 Å². The van der Waals surface area contributed by atoms with Gasteiger partial charge in [0.1, 0.15) is 5.15 Å². The number of aldehydes is 1. The Morgan fingerprint density at radius 1 is 1.28 bits per heavy atom. The second-order valence-corrected chi connectivity index (χ2v) is 6.52. The molecule has 0 unspecified atom stereocenters. The van der Waals surface area contributed by atoms with Crippen molar-refractivity contribution in [2.75, 3.05) is 0 Å². The highest BCUT2D eigenvalue weighted by Gasteiger charge is 2.28. The van der Waals surface area contributed by atoms with Gasteiger partial charge in [-0.25, -0.2) is 4.68 Å². The fraction of sp³-hybridized carbons (Fsp3) is 0.714. The van der Waals surface area contributed by atoms with Crippen LogP contribution in [0.2, 0.25) is 5.15 Å². The lowest BCUT2D eigenvalue weighted by Crippen LogP contribution is -2.17. The lowest BCUT2D eigenvalue weighted by atomic mass is 9.90. The van der Waals surface area contributed by atoms with Gasteiger partial charge in [-0.1, -0.05) is 51.6 Å². The van der Waals surface area contributed by atoms with Crippen LogP contribution in [0.1, 0.15) is 75.0 Å². The molecule has 1 aromatic heterocycles. The van der Waals surface area contributed by atoms with Crippen LogP contribution in [0.3, 0.4) is 0 Å². The fourth-order valence-electron chi connectivity index (χ4n) is 2.65. The molecule has 0 aromatic carbocycles. The molecule has 0 amide bonds. The van der Waals surface area contributed by atoms with E-state index in [9.17, 15) is 4.79 Å². The SMILES string of the molecule is CC(C)(C)c1nn(C2CCCCC2)c(Cl)c1C=O. The molecule has 0 aliphatic heterocycles. The van der Waals surface area contributed by atoms with E-state index in [1.54, 1.807) is 0 Å². The Labute approximate surface area is 114 Å². The second-order valence-electron chi connectivity index (χ2n) is 6.16. The zero-order chi connectivity index (χ0) is 13.3. The quantitative estimate of drug-likeness (QED) is 0.755. The molecule has 1 aromatic rings. The topological polar surface area (TPSA) is 34.9 Å². The van der Waals surface area contributed by atoms with Crippen molar-refractivity contribution in [2.45, 2.75) is 64.3 Å². The highest BCUT2D eigenvalue weighted by molar-refractivity contribution is 6.32. The summed E-state index contributed by atoms with van der Waals surface area (Å²) in [5, 5.41) is 5.14. The Bertz CT molecular complexity index is 439. The van der Waals surface area contributed by atoms with Gasteiger partial charge in [-0.2, -0.15) is 5.10 Å². The number of nitrogens with zero attached hydrogens (tertiary/aromatic N) is 2. The minimum Gasteiger partial charge on any atom is -0.298 e. The van der Waals surface area contributed by atoms with Crippen LogP contribution in [0.25, 0.3) is 0 Å². The molecule has 3 nitrogen and oxygen atoms in total. The zero-order valence-electron chi connectivity index (χ0n) is 11.4. The summed E-state index contributed by atoms with van der Waals surface area (Å²) in [5.41, 5.74) is 1.22. The normalized spacial score (nSPS) is 18.0. The summed E-state index contributed by atoms with van der Waals surface area (Å²) >= 11 is 6.34. The zero-order valence-corrected chi connectivity index (χ0v) is 12.1. The van der Waals surface area contributed by atoms with Crippen LogP contribution in [0.4, 0.5) is 0 Å². The van der Waals surface area contributed by atoms with Crippen LogP contribution < -0.4 is 0 Å². The lowest BCUT2D eigenvalue weighted by molar-refractivity contribution is 0.112. The molecule has 4 heteroatoms. The standard InChI is InChI=1S/C14H21ClN2O/c1-14(2,3)12-11(9-18)13(15)17(16-12)10-7-5-4-6-8-10/h9-10H,4-8H2,1-3H3. The van der Waals surface area contributed by atoms with Crippen LogP contribution in [0.15, 0.2) is 0 Å². The first-order chi connectivity index (χ1) is 8.45. The van der Waals surface area contributed by atoms with Crippen molar-refractivity contribution in [2.24, 2.45) is 0 Å². The lowest BCUT2D eigenvalue weighted by Gasteiger charge is -2.23. The third-order valence-corrected chi connectivity index (χ3v) is 4.01. The van der Waals surface area contributed by atoms with Crippen LogP contribution >= 0.6 is 11.6 Å². The molecule has 18 heavy (non-hydrogen) atoms. The Kier molecular flexibility index (Phi) is 3.81. The average Bonchev–Trinajstić information content (AvgIpc) is 2.67. The summed E-state index contributed by atoms with van der Waals surface area (Å²) in [6.07, 6.45) is 6.81. The highest BCUT2D eigenvalue weighted by Crippen LogP contribution is 2.35. The van der Waals surface area contributed by atoms with Gasteiger partial charge in [0, 0.05) is 5.41 Å². The van der Waals surface area contributed by atoms with Gasteiger partial charge >= 0.3 is 0 Å². The van der Waals surface area contributed by atoms with E-state index in [1.165, 1.54) is 19.3 Å². The van der Waals surface area contributed by atoms with Gasteiger partial charge < -0.3 is 0 Å². The monoisotopic (exact) mass is 268 g/mol. The Morgan fingerprint density at radius 3 is 2.33 bits per heavy atom. The molecule has 1 aliphatic carbocycles. The number of halogens is 1. The molecule has 0 N–H and O–H groups in total. The third kappa shape index (κ3) is 2.46. The maximum atomic E-state index is 11.3. The molecular weight excluding hydrogens is 248 g/mol. The third-order valence-electron chi connectivity index (χ3n) is 3.64. The van der Waals surface area contributed by atoms with Gasteiger partial charge in [-0.15, -0.1) is 0 Å². The first-order valence-electron chi connectivity index (χ1n) is 6.69. The predicted octanol–water partition coefficient (Wildman–Crippen LogP) is 4.15. The minimum absolute atomic E-state index is 0.153. The van der Waals surface area contributed by atoms with Crippen LogP contribution in [0, 0.1) is 0 Å². The molecule has 1 aliphatic rings.